The third-order valence-corrected chi connectivity index (χ3v) is 3.76. The van der Waals surface area contributed by atoms with E-state index in [0.29, 0.717) is 11.5 Å². The average molecular weight is 375 g/mol. The van der Waals surface area contributed by atoms with Crippen molar-refractivity contribution in [2.45, 2.75) is 6.18 Å². The van der Waals surface area contributed by atoms with Crippen LogP contribution in [0.5, 0.6) is 0 Å². The molecular formula is C18H16F3N5O. The van der Waals surface area contributed by atoms with Crippen LogP contribution in [0.15, 0.2) is 54.7 Å². The second kappa shape index (κ2) is 7.02. The number of hydrogen-bond donors (Lipinski definition) is 3. The number of aryl methyl sites for hydroxylation is 1. The fourth-order valence-corrected chi connectivity index (χ4v) is 2.53. The minimum absolute atomic E-state index is 0.0436. The highest BCUT2D eigenvalue weighted by Gasteiger charge is 2.30. The van der Waals surface area contributed by atoms with Crippen molar-refractivity contribution in [3.05, 3.63) is 60.3 Å². The number of hydrogen-bond acceptors (Lipinski definition) is 3. The zero-order valence-electron chi connectivity index (χ0n) is 14.2. The Kier molecular flexibility index (Phi) is 4.76. The molecule has 0 atom stereocenters. The van der Waals surface area contributed by atoms with Gasteiger partial charge in [0.2, 0.25) is 0 Å². The summed E-state index contributed by atoms with van der Waals surface area (Å²) in [5.41, 5.74) is 7.10. The van der Waals surface area contributed by atoms with Gasteiger partial charge in [0.1, 0.15) is 0 Å². The Morgan fingerprint density at radius 1 is 1.07 bits per heavy atom. The van der Waals surface area contributed by atoms with Gasteiger partial charge in [0.25, 0.3) is 0 Å². The number of aromatic nitrogens is 2. The lowest BCUT2D eigenvalue weighted by Crippen LogP contribution is -2.19. The molecular weight excluding hydrogens is 359 g/mol. The lowest BCUT2D eigenvalue weighted by atomic mass is 10.1. The number of benzene rings is 2. The maximum absolute atomic E-state index is 12.7. The molecule has 3 aromatic rings. The molecule has 1 heterocycles. The van der Waals surface area contributed by atoms with Crippen molar-refractivity contribution in [2.24, 2.45) is 7.05 Å². The summed E-state index contributed by atoms with van der Waals surface area (Å²) < 4.78 is 39.7. The first kappa shape index (κ1) is 18.3. The van der Waals surface area contributed by atoms with Crippen molar-refractivity contribution in [1.82, 2.24) is 9.78 Å². The number of carbonyl (C=O) groups is 1. The number of urea groups is 1. The van der Waals surface area contributed by atoms with Crippen LogP contribution in [0.1, 0.15) is 5.56 Å². The van der Waals surface area contributed by atoms with Crippen LogP contribution in [-0.2, 0) is 13.2 Å². The zero-order valence-corrected chi connectivity index (χ0v) is 14.2. The summed E-state index contributed by atoms with van der Waals surface area (Å²) in [5, 5.41) is 9.01. The number of rotatable bonds is 3. The number of amides is 2. The Morgan fingerprint density at radius 3 is 2.33 bits per heavy atom. The van der Waals surface area contributed by atoms with E-state index in [2.05, 4.69) is 15.7 Å². The molecule has 9 heteroatoms. The molecule has 0 radical (unpaired) electrons. The van der Waals surface area contributed by atoms with Gasteiger partial charge in [0, 0.05) is 30.2 Å². The van der Waals surface area contributed by atoms with Crippen LogP contribution in [-0.4, -0.2) is 15.8 Å². The van der Waals surface area contributed by atoms with Crippen molar-refractivity contribution < 1.29 is 18.0 Å². The maximum Gasteiger partial charge on any atom is 0.416 e. The maximum atomic E-state index is 12.7. The largest absolute Gasteiger partial charge is 0.416 e. The smallest absolute Gasteiger partial charge is 0.382 e. The Balaban J connectivity index is 1.67. The highest BCUT2D eigenvalue weighted by Crippen LogP contribution is 2.30. The number of anilines is 3. The number of nitrogens with two attached hydrogens (primary N) is 1. The second-order valence-electron chi connectivity index (χ2n) is 5.84. The fourth-order valence-electron chi connectivity index (χ4n) is 2.53. The SMILES string of the molecule is Cn1cc(-c2ccc(NC(=O)Nc3cccc(C(F)(F)F)c3)cc2)c(N)n1. The van der Waals surface area contributed by atoms with Crippen molar-refractivity contribution >= 4 is 23.2 Å². The van der Waals surface area contributed by atoms with E-state index in [4.69, 9.17) is 5.73 Å². The number of nitrogens with one attached hydrogen (secondary N) is 2. The van der Waals surface area contributed by atoms with Crippen LogP contribution in [0.2, 0.25) is 0 Å². The Hall–Kier alpha value is -3.49. The Morgan fingerprint density at radius 2 is 1.74 bits per heavy atom. The number of carbonyl (C=O) groups excluding carboxylic acids is 1. The standard InChI is InChI=1S/C18H16F3N5O/c1-26-10-15(16(22)25-26)11-5-7-13(8-6-11)23-17(27)24-14-4-2-3-12(9-14)18(19,20)21/h2-10H,1H3,(H2,22,25)(H2,23,24,27). The molecule has 0 aliphatic heterocycles. The van der Waals surface area contributed by atoms with Gasteiger partial charge in [-0.2, -0.15) is 18.3 Å². The normalized spacial score (nSPS) is 11.3. The first-order valence-corrected chi connectivity index (χ1v) is 7.87. The van der Waals surface area contributed by atoms with Gasteiger partial charge in [0.05, 0.1) is 5.56 Å². The van der Waals surface area contributed by atoms with Gasteiger partial charge in [-0.15, -0.1) is 0 Å². The average Bonchev–Trinajstić information content (AvgIpc) is 2.93. The molecule has 27 heavy (non-hydrogen) atoms. The summed E-state index contributed by atoms with van der Waals surface area (Å²) in [5.74, 6) is 0.389. The molecule has 0 aliphatic rings. The van der Waals surface area contributed by atoms with E-state index in [0.717, 1.165) is 23.3 Å². The Labute approximate surface area is 152 Å². The molecule has 1 aromatic heterocycles. The van der Waals surface area contributed by atoms with Gasteiger partial charge >= 0.3 is 12.2 Å². The van der Waals surface area contributed by atoms with Gasteiger partial charge in [-0.3, -0.25) is 4.68 Å². The predicted octanol–water partition coefficient (Wildman–Crippen LogP) is 4.33. The van der Waals surface area contributed by atoms with Gasteiger partial charge in [0.15, 0.2) is 5.82 Å². The summed E-state index contributed by atoms with van der Waals surface area (Å²) in [6, 6.07) is 10.6. The van der Waals surface area contributed by atoms with Gasteiger partial charge in [-0.25, -0.2) is 4.79 Å². The second-order valence-corrected chi connectivity index (χ2v) is 5.84. The minimum Gasteiger partial charge on any atom is -0.382 e. The third-order valence-electron chi connectivity index (χ3n) is 3.76. The Bertz CT molecular complexity index is 964. The summed E-state index contributed by atoms with van der Waals surface area (Å²) in [7, 11) is 1.76. The van der Waals surface area contributed by atoms with Crippen molar-refractivity contribution in [3.8, 4) is 11.1 Å². The predicted molar refractivity (Wildman–Crippen MR) is 97.1 cm³/mol. The minimum atomic E-state index is -4.47. The van der Waals surface area contributed by atoms with Gasteiger partial charge in [-0.1, -0.05) is 18.2 Å². The molecule has 2 amide bonds. The molecule has 140 valence electrons. The number of nitrogen functional groups attached to an aromatic ring is 1. The van der Waals surface area contributed by atoms with Crippen LogP contribution < -0.4 is 16.4 Å². The lowest BCUT2D eigenvalue weighted by molar-refractivity contribution is -0.137. The molecule has 0 fully saturated rings. The molecule has 0 aliphatic carbocycles. The van der Waals surface area contributed by atoms with E-state index in [1.54, 1.807) is 42.2 Å². The van der Waals surface area contributed by atoms with E-state index in [1.165, 1.54) is 12.1 Å². The van der Waals surface area contributed by atoms with E-state index in [9.17, 15) is 18.0 Å². The third kappa shape index (κ3) is 4.38. The molecule has 2 aromatic carbocycles. The quantitative estimate of drug-likeness (QED) is 0.637. The van der Waals surface area contributed by atoms with Gasteiger partial charge < -0.3 is 16.4 Å². The highest BCUT2D eigenvalue weighted by molar-refractivity contribution is 6.00. The van der Waals surface area contributed by atoms with Crippen molar-refractivity contribution in [3.63, 3.8) is 0 Å². The molecule has 6 nitrogen and oxygen atoms in total. The first-order valence-electron chi connectivity index (χ1n) is 7.87. The van der Waals surface area contributed by atoms with E-state index in [-0.39, 0.29) is 5.69 Å². The van der Waals surface area contributed by atoms with Crippen LogP contribution in [0, 0.1) is 0 Å². The summed E-state index contributed by atoms with van der Waals surface area (Å²) >= 11 is 0. The first-order chi connectivity index (χ1) is 12.7. The van der Waals surface area contributed by atoms with Crippen molar-refractivity contribution in [1.29, 1.82) is 0 Å². The van der Waals surface area contributed by atoms with Crippen LogP contribution in [0.4, 0.5) is 35.2 Å². The molecule has 0 saturated heterocycles. The summed E-state index contributed by atoms with van der Waals surface area (Å²) in [6.07, 6.45) is -2.70. The number of alkyl halides is 3. The van der Waals surface area contributed by atoms with E-state index < -0.39 is 17.8 Å². The number of halogens is 3. The summed E-state index contributed by atoms with van der Waals surface area (Å²) in [4.78, 5) is 12.0. The van der Waals surface area contributed by atoms with Gasteiger partial charge in [-0.05, 0) is 35.9 Å². The number of nitrogens with zero attached hydrogens (tertiary/aromatic N) is 2. The van der Waals surface area contributed by atoms with Crippen molar-refractivity contribution in [2.75, 3.05) is 16.4 Å². The fraction of sp³-hybridized carbons (Fsp3) is 0.111. The van der Waals surface area contributed by atoms with Crippen LogP contribution in [0.25, 0.3) is 11.1 Å². The molecule has 3 rings (SSSR count). The molecule has 0 saturated carbocycles. The van der Waals surface area contributed by atoms with E-state index in [1.807, 2.05) is 0 Å². The molecule has 0 unspecified atom stereocenters. The molecule has 4 N–H and O–H groups in total. The molecule has 0 spiro atoms. The van der Waals surface area contributed by atoms with E-state index >= 15 is 0 Å². The topological polar surface area (TPSA) is 85.0 Å². The molecule has 0 bridgehead atoms. The van der Waals surface area contributed by atoms with Crippen LogP contribution in [0.3, 0.4) is 0 Å². The lowest BCUT2D eigenvalue weighted by Gasteiger charge is -2.11. The summed E-state index contributed by atoms with van der Waals surface area (Å²) in [6.45, 7) is 0. The van der Waals surface area contributed by atoms with Crippen LogP contribution >= 0.6 is 0 Å². The highest BCUT2D eigenvalue weighted by atomic mass is 19.4. The zero-order chi connectivity index (χ0) is 19.6. The monoisotopic (exact) mass is 375 g/mol.